The van der Waals surface area contributed by atoms with Crippen LogP contribution in [0.15, 0.2) is 0 Å². The smallest absolute Gasteiger partial charge is 0.305 e. The number of aliphatic carboxylic acids is 1. The van der Waals surface area contributed by atoms with Crippen molar-refractivity contribution in [2.75, 3.05) is 13.1 Å². The largest absolute Gasteiger partial charge is 0.481 e. The SMILES string of the molecule is CC(C)CC(CN)CC(=O)N(CCC(=O)O)C1CC1. The average molecular weight is 270 g/mol. The van der Waals surface area contributed by atoms with Gasteiger partial charge in [-0.25, -0.2) is 0 Å². The van der Waals surface area contributed by atoms with Crippen LogP contribution in [-0.4, -0.2) is 41.0 Å². The van der Waals surface area contributed by atoms with Crippen LogP contribution in [-0.2, 0) is 9.59 Å². The molecule has 19 heavy (non-hydrogen) atoms. The van der Waals surface area contributed by atoms with Crippen molar-refractivity contribution in [2.24, 2.45) is 17.6 Å². The first kappa shape index (κ1) is 16.0. The van der Waals surface area contributed by atoms with Gasteiger partial charge in [0.2, 0.25) is 5.91 Å². The molecule has 1 aliphatic carbocycles. The normalized spacial score (nSPS) is 16.4. The van der Waals surface area contributed by atoms with Crippen LogP contribution in [0, 0.1) is 11.8 Å². The van der Waals surface area contributed by atoms with Gasteiger partial charge in [-0.05, 0) is 37.6 Å². The summed E-state index contributed by atoms with van der Waals surface area (Å²) in [5, 5.41) is 8.74. The van der Waals surface area contributed by atoms with E-state index in [-0.39, 0.29) is 24.3 Å². The quantitative estimate of drug-likeness (QED) is 0.664. The van der Waals surface area contributed by atoms with Crippen molar-refractivity contribution >= 4 is 11.9 Å². The van der Waals surface area contributed by atoms with Crippen LogP contribution in [0.5, 0.6) is 0 Å². The van der Waals surface area contributed by atoms with Crippen LogP contribution >= 0.6 is 0 Å². The van der Waals surface area contributed by atoms with E-state index < -0.39 is 5.97 Å². The van der Waals surface area contributed by atoms with Gasteiger partial charge in [0.1, 0.15) is 0 Å². The monoisotopic (exact) mass is 270 g/mol. The van der Waals surface area contributed by atoms with Gasteiger partial charge in [0.25, 0.3) is 0 Å². The van der Waals surface area contributed by atoms with Crippen molar-refractivity contribution in [3.8, 4) is 0 Å². The van der Waals surface area contributed by atoms with Crippen molar-refractivity contribution < 1.29 is 14.7 Å². The number of carboxylic acid groups (broad SMARTS) is 1. The predicted octanol–water partition coefficient (Wildman–Crippen LogP) is 1.46. The minimum Gasteiger partial charge on any atom is -0.481 e. The Bertz CT molecular complexity index is 314. The molecule has 0 aliphatic heterocycles. The van der Waals surface area contributed by atoms with Crippen molar-refractivity contribution in [3.63, 3.8) is 0 Å². The zero-order valence-corrected chi connectivity index (χ0v) is 12.0. The third-order valence-corrected chi connectivity index (χ3v) is 3.48. The van der Waals surface area contributed by atoms with Crippen LogP contribution < -0.4 is 5.73 Å². The summed E-state index contributed by atoms with van der Waals surface area (Å²) in [6, 6.07) is 0.268. The summed E-state index contributed by atoms with van der Waals surface area (Å²) >= 11 is 0. The fraction of sp³-hybridized carbons (Fsp3) is 0.857. The molecule has 0 saturated heterocycles. The second-order valence-electron chi connectivity index (χ2n) is 5.90. The molecule has 5 heteroatoms. The van der Waals surface area contributed by atoms with Crippen molar-refractivity contribution in [1.82, 2.24) is 4.90 Å². The van der Waals surface area contributed by atoms with Gasteiger partial charge in [-0.3, -0.25) is 9.59 Å². The lowest BCUT2D eigenvalue weighted by atomic mass is 9.93. The molecule has 0 aromatic heterocycles. The van der Waals surface area contributed by atoms with E-state index in [1.54, 1.807) is 4.90 Å². The molecular formula is C14H26N2O3. The lowest BCUT2D eigenvalue weighted by molar-refractivity contribution is -0.139. The minimum absolute atomic E-state index is 0.0275. The van der Waals surface area contributed by atoms with Crippen LogP contribution in [0.2, 0.25) is 0 Å². The van der Waals surface area contributed by atoms with E-state index in [0.29, 0.717) is 25.4 Å². The Balaban J connectivity index is 2.48. The molecule has 1 unspecified atom stereocenters. The number of carbonyl (C=O) groups is 2. The second-order valence-corrected chi connectivity index (χ2v) is 5.90. The second kappa shape index (κ2) is 7.48. The fourth-order valence-electron chi connectivity index (χ4n) is 2.41. The number of amides is 1. The Hall–Kier alpha value is -1.10. The number of nitrogens with two attached hydrogens (primary N) is 1. The number of rotatable bonds is 9. The molecule has 1 amide bonds. The highest BCUT2D eigenvalue weighted by Gasteiger charge is 2.33. The molecule has 0 spiro atoms. The average Bonchev–Trinajstić information content (AvgIpc) is 3.11. The van der Waals surface area contributed by atoms with E-state index in [0.717, 1.165) is 19.3 Å². The molecule has 3 N–H and O–H groups in total. The number of carboxylic acids is 1. The topological polar surface area (TPSA) is 83.6 Å². The summed E-state index contributed by atoms with van der Waals surface area (Å²) < 4.78 is 0. The summed E-state index contributed by atoms with van der Waals surface area (Å²) in [6.45, 7) is 5.09. The highest BCUT2D eigenvalue weighted by atomic mass is 16.4. The molecule has 1 fully saturated rings. The van der Waals surface area contributed by atoms with Gasteiger partial charge < -0.3 is 15.7 Å². The van der Waals surface area contributed by atoms with E-state index in [2.05, 4.69) is 13.8 Å². The number of carbonyl (C=O) groups excluding carboxylic acids is 1. The molecule has 0 radical (unpaired) electrons. The Kier molecular flexibility index (Phi) is 6.28. The lowest BCUT2D eigenvalue weighted by Gasteiger charge is -2.25. The van der Waals surface area contributed by atoms with Gasteiger partial charge in [-0.1, -0.05) is 13.8 Å². The molecule has 5 nitrogen and oxygen atoms in total. The molecule has 1 atom stereocenters. The Morgan fingerprint density at radius 1 is 1.37 bits per heavy atom. The van der Waals surface area contributed by atoms with Crippen LogP contribution in [0.25, 0.3) is 0 Å². The van der Waals surface area contributed by atoms with Crippen molar-refractivity contribution in [2.45, 2.75) is 52.0 Å². The third kappa shape index (κ3) is 6.05. The van der Waals surface area contributed by atoms with Gasteiger partial charge in [-0.15, -0.1) is 0 Å². The molecule has 0 heterocycles. The van der Waals surface area contributed by atoms with E-state index in [9.17, 15) is 9.59 Å². The molecule has 0 bridgehead atoms. The van der Waals surface area contributed by atoms with Crippen LogP contribution in [0.1, 0.15) is 46.0 Å². The van der Waals surface area contributed by atoms with Crippen LogP contribution in [0.4, 0.5) is 0 Å². The Morgan fingerprint density at radius 3 is 2.42 bits per heavy atom. The first-order valence-corrected chi connectivity index (χ1v) is 7.15. The maximum Gasteiger partial charge on any atom is 0.305 e. The van der Waals surface area contributed by atoms with Gasteiger partial charge in [0.15, 0.2) is 0 Å². The fourth-order valence-corrected chi connectivity index (χ4v) is 2.41. The lowest BCUT2D eigenvalue weighted by Crippen LogP contribution is -2.37. The maximum atomic E-state index is 12.3. The first-order valence-electron chi connectivity index (χ1n) is 7.15. The maximum absolute atomic E-state index is 12.3. The van der Waals surface area contributed by atoms with Crippen molar-refractivity contribution in [3.05, 3.63) is 0 Å². The summed E-state index contributed by atoms with van der Waals surface area (Å²) in [5.74, 6) is -0.0517. The van der Waals surface area contributed by atoms with E-state index in [4.69, 9.17) is 10.8 Å². The number of hydrogen-bond acceptors (Lipinski definition) is 3. The standard InChI is InChI=1S/C14H26N2O3/c1-10(2)7-11(9-15)8-13(17)16(12-3-4-12)6-5-14(18)19/h10-12H,3-9,15H2,1-2H3,(H,18,19). The molecule has 1 rings (SSSR count). The molecule has 1 aliphatic rings. The molecular weight excluding hydrogens is 244 g/mol. The van der Waals surface area contributed by atoms with Crippen LogP contribution in [0.3, 0.4) is 0 Å². The van der Waals surface area contributed by atoms with E-state index in [1.165, 1.54) is 0 Å². The molecule has 0 aromatic carbocycles. The highest BCUT2D eigenvalue weighted by molar-refractivity contribution is 5.78. The minimum atomic E-state index is -0.851. The Morgan fingerprint density at radius 2 is 2.00 bits per heavy atom. The van der Waals surface area contributed by atoms with Gasteiger partial charge in [0, 0.05) is 19.0 Å². The van der Waals surface area contributed by atoms with Gasteiger partial charge >= 0.3 is 5.97 Å². The van der Waals surface area contributed by atoms with Gasteiger partial charge in [-0.2, -0.15) is 0 Å². The predicted molar refractivity (Wildman–Crippen MR) is 73.6 cm³/mol. The number of hydrogen-bond donors (Lipinski definition) is 2. The molecule has 1 saturated carbocycles. The molecule has 0 aromatic rings. The zero-order valence-electron chi connectivity index (χ0n) is 12.0. The zero-order chi connectivity index (χ0) is 14.4. The summed E-state index contributed by atoms with van der Waals surface area (Å²) in [7, 11) is 0. The van der Waals surface area contributed by atoms with Gasteiger partial charge in [0.05, 0.1) is 6.42 Å². The third-order valence-electron chi connectivity index (χ3n) is 3.48. The van der Waals surface area contributed by atoms with Crippen molar-refractivity contribution in [1.29, 1.82) is 0 Å². The Labute approximate surface area is 115 Å². The van der Waals surface area contributed by atoms with E-state index in [1.807, 2.05) is 0 Å². The highest BCUT2D eigenvalue weighted by Crippen LogP contribution is 2.28. The summed E-state index contributed by atoms with van der Waals surface area (Å²) in [6.07, 6.45) is 3.43. The summed E-state index contributed by atoms with van der Waals surface area (Å²) in [5.41, 5.74) is 5.72. The molecule has 110 valence electrons. The first-order chi connectivity index (χ1) is 8.93. The summed E-state index contributed by atoms with van der Waals surface area (Å²) in [4.78, 5) is 24.6. The number of nitrogens with zero attached hydrogens (tertiary/aromatic N) is 1. The van der Waals surface area contributed by atoms with E-state index >= 15 is 0 Å².